The van der Waals surface area contributed by atoms with Crippen molar-refractivity contribution in [3.63, 3.8) is 0 Å². The van der Waals surface area contributed by atoms with Gasteiger partial charge in [0.05, 0.1) is 28.7 Å². The summed E-state index contributed by atoms with van der Waals surface area (Å²) >= 11 is 0. The summed E-state index contributed by atoms with van der Waals surface area (Å²) in [5, 5.41) is 0. The molecule has 0 saturated carbocycles. The van der Waals surface area contributed by atoms with Gasteiger partial charge in [-0.05, 0) is 102 Å². The second-order valence-electron chi connectivity index (χ2n) is 14.2. The summed E-state index contributed by atoms with van der Waals surface area (Å²) in [5.74, 6) is -1.58. The van der Waals surface area contributed by atoms with Crippen LogP contribution < -0.4 is 0 Å². The molecular weight excluding hydrogens is 633 g/mol. The first-order valence-electron chi connectivity index (χ1n) is 15.6. The van der Waals surface area contributed by atoms with Crippen LogP contribution in [0.4, 0.5) is 30.7 Å². The van der Waals surface area contributed by atoms with Crippen molar-refractivity contribution in [1.82, 2.24) is 9.80 Å². The van der Waals surface area contributed by atoms with Gasteiger partial charge in [-0.2, -0.15) is 26.3 Å². The molecule has 0 bridgehead atoms. The minimum Gasteiger partial charge on any atom is -0.459 e. The largest absolute Gasteiger partial charge is 0.459 e. The lowest BCUT2D eigenvalue weighted by Gasteiger charge is -2.34. The highest BCUT2D eigenvalue weighted by molar-refractivity contribution is 5.86. The Balaban J connectivity index is 1.41. The number of carbonyl (C=O) groups excluding carboxylic acids is 2. The predicted molar refractivity (Wildman–Crippen MR) is 158 cm³/mol. The monoisotopic (exact) mass is 672 g/mol. The van der Waals surface area contributed by atoms with Crippen LogP contribution in [0, 0.1) is 11.2 Å². The first kappa shape index (κ1) is 35.1. The Morgan fingerprint density at radius 3 is 2.15 bits per heavy atom. The number of rotatable bonds is 7. The topological polar surface area (TPSA) is 59.1 Å². The molecule has 47 heavy (non-hydrogen) atoms. The maximum atomic E-state index is 14.1. The van der Waals surface area contributed by atoms with Crippen molar-refractivity contribution in [2.75, 3.05) is 19.6 Å². The maximum absolute atomic E-state index is 14.1. The van der Waals surface area contributed by atoms with Crippen LogP contribution in [0.1, 0.15) is 88.2 Å². The van der Waals surface area contributed by atoms with E-state index in [1.807, 2.05) is 11.8 Å². The zero-order valence-electron chi connectivity index (χ0n) is 26.8. The number of carbonyl (C=O) groups is 2. The molecule has 0 aliphatic carbocycles. The Morgan fingerprint density at radius 2 is 1.60 bits per heavy atom. The molecule has 6 nitrogen and oxygen atoms in total. The summed E-state index contributed by atoms with van der Waals surface area (Å²) in [6.45, 7) is 9.51. The highest BCUT2D eigenvalue weighted by Crippen LogP contribution is 2.50. The third kappa shape index (κ3) is 7.45. The second kappa shape index (κ2) is 12.4. The van der Waals surface area contributed by atoms with Crippen LogP contribution in [-0.2, 0) is 31.4 Å². The lowest BCUT2D eigenvalue weighted by Crippen LogP contribution is -2.47. The molecule has 0 aromatic heterocycles. The molecule has 3 unspecified atom stereocenters. The number of nitrogens with zero attached hydrogens (tertiary/aromatic N) is 2. The highest BCUT2D eigenvalue weighted by Gasteiger charge is 2.58. The molecule has 0 N–H and O–H groups in total. The molecule has 3 aliphatic heterocycles. The molecule has 5 rings (SSSR count). The van der Waals surface area contributed by atoms with Crippen molar-refractivity contribution >= 4 is 11.9 Å². The molecule has 1 amide bonds. The van der Waals surface area contributed by atoms with Gasteiger partial charge in [-0.25, -0.2) is 4.39 Å². The molecule has 6 atom stereocenters. The number of likely N-dealkylation sites (tertiary alicyclic amines) is 1. The van der Waals surface area contributed by atoms with E-state index in [1.165, 1.54) is 19.1 Å². The van der Waals surface area contributed by atoms with Gasteiger partial charge < -0.3 is 14.4 Å². The summed E-state index contributed by atoms with van der Waals surface area (Å²) in [7, 11) is 0. The smallest absolute Gasteiger partial charge is 0.416 e. The number of halogens is 7. The van der Waals surface area contributed by atoms with Crippen LogP contribution in [0.2, 0.25) is 0 Å². The fourth-order valence-corrected chi connectivity index (χ4v) is 7.29. The lowest BCUT2D eigenvalue weighted by atomic mass is 9.80. The summed E-state index contributed by atoms with van der Waals surface area (Å²) in [6, 6.07) is 6.03. The van der Waals surface area contributed by atoms with Gasteiger partial charge in [-0.3, -0.25) is 14.5 Å². The molecule has 3 saturated heterocycles. The quantitative estimate of drug-likeness (QED) is 0.225. The number of fused-ring (bicyclic) bond motifs is 1. The number of hydrogen-bond acceptors (Lipinski definition) is 5. The third-order valence-electron chi connectivity index (χ3n) is 9.34. The summed E-state index contributed by atoms with van der Waals surface area (Å²) in [4.78, 5) is 30.7. The van der Waals surface area contributed by atoms with Gasteiger partial charge in [0.25, 0.3) is 0 Å². The standard InChI is InChI=1S/C34H39F7N2O4/c1-19(21-13-22(33(36,37)38)15-23(14-21)34(39,40)41)46-27-17-43-26(28(27)20-8-10-24(35)11-9-20)16-32(5,30(43)45)18-42-12-6-7-25(42)29(44)47-31(2,3)4/h8-11,13-15,19,25-28H,6-7,12,16-18H2,1-5H3/t19-,25?,26?,27+,28+,32?/m1/s1. The fourth-order valence-electron chi connectivity index (χ4n) is 7.29. The van der Waals surface area contributed by atoms with E-state index in [0.29, 0.717) is 43.6 Å². The van der Waals surface area contributed by atoms with Crippen molar-refractivity contribution in [2.24, 2.45) is 5.41 Å². The molecule has 2 aromatic carbocycles. The van der Waals surface area contributed by atoms with Crippen molar-refractivity contribution < 1.29 is 49.8 Å². The Labute approximate surface area is 269 Å². The van der Waals surface area contributed by atoms with Crippen LogP contribution in [0.25, 0.3) is 0 Å². The Morgan fingerprint density at radius 1 is 1.00 bits per heavy atom. The van der Waals surface area contributed by atoms with Crippen molar-refractivity contribution in [3.8, 4) is 0 Å². The Bertz CT molecular complexity index is 1460. The molecular formula is C34H39F7N2O4. The molecule has 3 aliphatic rings. The maximum Gasteiger partial charge on any atom is 0.416 e. The first-order valence-corrected chi connectivity index (χ1v) is 15.6. The molecule has 0 spiro atoms. The number of alkyl halides is 6. The van der Waals surface area contributed by atoms with E-state index in [2.05, 4.69) is 0 Å². The van der Waals surface area contributed by atoms with Gasteiger partial charge in [-0.1, -0.05) is 12.1 Å². The second-order valence-corrected chi connectivity index (χ2v) is 14.2. The average molecular weight is 673 g/mol. The number of esters is 1. The van der Waals surface area contributed by atoms with Crippen LogP contribution in [0.3, 0.4) is 0 Å². The van der Waals surface area contributed by atoms with E-state index < -0.39 is 70.5 Å². The van der Waals surface area contributed by atoms with Gasteiger partial charge in [0.15, 0.2) is 0 Å². The van der Waals surface area contributed by atoms with E-state index in [0.717, 1.165) is 6.42 Å². The molecule has 258 valence electrons. The highest BCUT2D eigenvalue weighted by atomic mass is 19.4. The van der Waals surface area contributed by atoms with Gasteiger partial charge in [-0.15, -0.1) is 0 Å². The van der Waals surface area contributed by atoms with E-state index in [1.54, 1.807) is 37.8 Å². The van der Waals surface area contributed by atoms with Crippen LogP contribution >= 0.6 is 0 Å². The number of ether oxygens (including phenoxy) is 2. The lowest BCUT2D eigenvalue weighted by molar-refractivity contribution is -0.161. The van der Waals surface area contributed by atoms with Crippen LogP contribution in [-0.4, -0.2) is 65.1 Å². The van der Waals surface area contributed by atoms with E-state index in [9.17, 15) is 40.3 Å². The summed E-state index contributed by atoms with van der Waals surface area (Å²) in [6.07, 6.45) is -10.3. The minimum atomic E-state index is -5.02. The van der Waals surface area contributed by atoms with E-state index in [-0.39, 0.29) is 30.1 Å². The Hall–Kier alpha value is -3.19. The molecule has 2 aromatic rings. The normalized spacial score (nSPS) is 27.7. The Kier molecular flexibility index (Phi) is 9.24. The minimum absolute atomic E-state index is 0.0338. The number of benzene rings is 2. The summed E-state index contributed by atoms with van der Waals surface area (Å²) in [5.41, 5.74) is -4.14. The van der Waals surface area contributed by atoms with E-state index >= 15 is 0 Å². The van der Waals surface area contributed by atoms with Gasteiger partial charge in [0, 0.05) is 25.0 Å². The first-order chi connectivity index (χ1) is 21.7. The van der Waals surface area contributed by atoms with Crippen LogP contribution in [0.5, 0.6) is 0 Å². The number of amides is 1. The SMILES string of the molecule is C[C@@H](O[C@H]1CN2C(=O)C(C)(CN3CCCC3C(=O)OC(C)(C)C)CC2[C@@H]1c1ccc(F)cc1)c1cc(C(F)(F)F)cc(C(F)(F)F)c1. The molecule has 3 heterocycles. The molecule has 13 heteroatoms. The predicted octanol–water partition coefficient (Wildman–Crippen LogP) is 7.52. The zero-order valence-corrected chi connectivity index (χ0v) is 26.8. The van der Waals surface area contributed by atoms with Crippen LogP contribution in [0.15, 0.2) is 42.5 Å². The van der Waals surface area contributed by atoms with Gasteiger partial charge >= 0.3 is 18.3 Å². The summed E-state index contributed by atoms with van der Waals surface area (Å²) < 4.78 is 107. The third-order valence-corrected chi connectivity index (χ3v) is 9.34. The fraction of sp³-hybridized carbons (Fsp3) is 0.588. The van der Waals surface area contributed by atoms with Crippen molar-refractivity contribution in [2.45, 2.75) is 102 Å². The zero-order chi connectivity index (χ0) is 34.7. The van der Waals surface area contributed by atoms with E-state index in [4.69, 9.17) is 9.47 Å². The van der Waals surface area contributed by atoms with Crippen molar-refractivity contribution in [3.05, 3.63) is 70.5 Å². The molecule has 3 fully saturated rings. The van der Waals surface area contributed by atoms with Gasteiger partial charge in [0.1, 0.15) is 17.5 Å². The number of hydrogen-bond donors (Lipinski definition) is 0. The van der Waals surface area contributed by atoms with Crippen molar-refractivity contribution in [1.29, 1.82) is 0 Å². The average Bonchev–Trinajstić information content (AvgIpc) is 3.61. The molecule has 0 radical (unpaired) electrons. The van der Waals surface area contributed by atoms with Gasteiger partial charge in [0.2, 0.25) is 5.91 Å².